The lowest BCUT2D eigenvalue weighted by Gasteiger charge is -2.35. The molecule has 222 valence electrons. The van der Waals surface area contributed by atoms with Crippen LogP contribution in [0, 0.1) is 5.82 Å². The van der Waals surface area contributed by atoms with E-state index in [9.17, 15) is 9.59 Å². The molecule has 2 aliphatic rings. The normalized spacial score (nSPS) is 17.2. The minimum Gasteiger partial charge on any atom is -0.457 e. The fourth-order valence-electron chi connectivity index (χ4n) is 5.23. The van der Waals surface area contributed by atoms with Gasteiger partial charge in [-0.05, 0) is 54.6 Å². The number of hydrogen-bond acceptors (Lipinski definition) is 8. The Bertz CT molecular complexity index is 1570. The first-order valence-electron chi connectivity index (χ1n) is 14.2. The van der Waals surface area contributed by atoms with Gasteiger partial charge in [0, 0.05) is 44.7 Å². The lowest BCUT2D eigenvalue weighted by atomic mass is 10.1. The van der Waals surface area contributed by atoms with Gasteiger partial charge in [-0.25, -0.2) is 9.18 Å². The summed E-state index contributed by atoms with van der Waals surface area (Å²) in [6.45, 7) is 5.21. The maximum absolute atomic E-state index is 15.2. The van der Waals surface area contributed by atoms with Crippen LogP contribution in [0.5, 0.6) is 11.5 Å². The van der Waals surface area contributed by atoms with Crippen LogP contribution in [-0.4, -0.2) is 67.4 Å². The van der Waals surface area contributed by atoms with Crippen LogP contribution in [0.1, 0.15) is 12.7 Å². The fourth-order valence-corrected chi connectivity index (χ4v) is 5.23. The standard InChI is InChI=1S/C32H32FN5O5/c1-22(39)34-19-28-21-38(32(40)42-28)24-9-12-31(29(33)17-24)37-15-13-36(14-16-37)20-27-18-30(35-43-27)23-7-10-26(11-8-23)41-25-5-3-2-4-6-25/h2-12,17-18,28H,13-16,19-21H2,1H3,(H,34,39)/t28-/m0/s1. The molecule has 3 heterocycles. The van der Waals surface area contributed by atoms with E-state index in [4.69, 9.17) is 14.0 Å². The molecule has 0 saturated carbocycles. The smallest absolute Gasteiger partial charge is 0.414 e. The second-order valence-electron chi connectivity index (χ2n) is 10.6. The van der Waals surface area contributed by atoms with Crippen molar-refractivity contribution in [2.24, 2.45) is 0 Å². The largest absolute Gasteiger partial charge is 0.457 e. The summed E-state index contributed by atoms with van der Waals surface area (Å²) in [6, 6.07) is 24.1. The Kier molecular flexibility index (Phi) is 8.23. The number of anilines is 2. The number of carbonyl (C=O) groups excluding carboxylic acids is 2. The Balaban J connectivity index is 1.00. The van der Waals surface area contributed by atoms with Gasteiger partial charge in [-0.3, -0.25) is 14.6 Å². The molecule has 2 aliphatic heterocycles. The van der Waals surface area contributed by atoms with Crippen molar-refractivity contribution < 1.29 is 28.0 Å². The quantitative estimate of drug-likeness (QED) is 0.291. The molecule has 1 atom stereocenters. The number of para-hydroxylation sites is 1. The van der Waals surface area contributed by atoms with Crippen molar-refractivity contribution in [3.05, 3.63) is 90.4 Å². The van der Waals surface area contributed by atoms with E-state index in [2.05, 4.69) is 15.4 Å². The van der Waals surface area contributed by atoms with Crippen LogP contribution in [0.4, 0.5) is 20.6 Å². The van der Waals surface area contributed by atoms with E-state index in [-0.39, 0.29) is 19.0 Å². The molecule has 10 nitrogen and oxygen atoms in total. The van der Waals surface area contributed by atoms with Crippen molar-refractivity contribution in [2.45, 2.75) is 19.6 Å². The maximum atomic E-state index is 15.2. The first-order chi connectivity index (χ1) is 20.9. The average molecular weight is 586 g/mol. The highest BCUT2D eigenvalue weighted by Crippen LogP contribution is 2.29. The van der Waals surface area contributed by atoms with Gasteiger partial charge in [-0.15, -0.1) is 0 Å². The molecule has 6 rings (SSSR count). The average Bonchev–Trinajstić information content (AvgIpc) is 3.64. The first-order valence-corrected chi connectivity index (χ1v) is 14.2. The number of rotatable bonds is 9. The highest BCUT2D eigenvalue weighted by molar-refractivity contribution is 5.90. The van der Waals surface area contributed by atoms with Crippen LogP contribution in [0.15, 0.2) is 83.4 Å². The van der Waals surface area contributed by atoms with Gasteiger partial charge in [-0.2, -0.15) is 0 Å². The van der Waals surface area contributed by atoms with Crippen LogP contribution in [0.25, 0.3) is 11.3 Å². The van der Waals surface area contributed by atoms with Gasteiger partial charge in [0.2, 0.25) is 5.91 Å². The monoisotopic (exact) mass is 585 g/mol. The number of piperazine rings is 1. The minimum absolute atomic E-state index is 0.202. The number of carbonyl (C=O) groups is 2. The van der Waals surface area contributed by atoms with Crippen LogP contribution >= 0.6 is 0 Å². The topological polar surface area (TPSA) is 100 Å². The Labute approximate surface area is 248 Å². The van der Waals surface area contributed by atoms with E-state index in [1.807, 2.05) is 65.6 Å². The first kappa shape index (κ1) is 28.2. The third kappa shape index (κ3) is 6.78. The summed E-state index contributed by atoms with van der Waals surface area (Å²) in [4.78, 5) is 29.1. The van der Waals surface area contributed by atoms with Crippen molar-refractivity contribution in [3.63, 3.8) is 0 Å². The predicted molar refractivity (Wildman–Crippen MR) is 159 cm³/mol. The summed E-state index contributed by atoms with van der Waals surface area (Å²) in [5.74, 6) is 1.68. The third-order valence-corrected chi connectivity index (χ3v) is 7.48. The highest BCUT2D eigenvalue weighted by atomic mass is 19.1. The molecule has 0 spiro atoms. The fraction of sp³-hybridized carbons (Fsp3) is 0.281. The van der Waals surface area contributed by atoms with E-state index < -0.39 is 18.0 Å². The molecule has 43 heavy (non-hydrogen) atoms. The van der Waals surface area contributed by atoms with Gasteiger partial charge in [0.15, 0.2) is 5.76 Å². The Morgan fingerprint density at radius 2 is 1.74 bits per heavy atom. The minimum atomic E-state index is -0.555. The Hall–Kier alpha value is -4.90. The molecule has 0 bridgehead atoms. The van der Waals surface area contributed by atoms with Crippen molar-refractivity contribution in [3.8, 4) is 22.8 Å². The molecular weight excluding hydrogens is 553 g/mol. The summed E-state index contributed by atoms with van der Waals surface area (Å²) in [5, 5.41) is 6.89. The molecule has 3 aromatic carbocycles. The van der Waals surface area contributed by atoms with E-state index in [0.717, 1.165) is 41.6 Å². The van der Waals surface area contributed by atoms with Gasteiger partial charge >= 0.3 is 6.09 Å². The van der Waals surface area contributed by atoms with Gasteiger partial charge in [0.1, 0.15) is 29.1 Å². The molecule has 11 heteroatoms. The maximum Gasteiger partial charge on any atom is 0.414 e. The second kappa shape index (κ2) is 12.5. The second-order valence-corrected chi connectivity index (χ2v) is 10.6. The molecule has 0 aliphatic carbocycles. The number of cyclic esters (lactones) is 1. The Morgan fingerprint density at radius 3 is 2.47 bits per heavy atom. The summed E-state index contributed by atoms with van der Waals surface area (Å²) < 4.78 is 32.0. The number of halogens is 1. The molecule has 4 aromatic rings. The number of amides is 2. The zero-order valence-corrected chi connectivity index (χ0v) is 23.7. The van der Waals surface area contributed by atoms with E-state index in [0.29, 0.717) is 31.0 Å². The van der Waals surface area contributed by atoms with Crippen LogP contribution in [-0.2, 0) is 16.1 Å². The van der Waals surface area contributed by atoms with Gasteiger partial charge in [-0.1, -0.05) is 23.4 Å². The number of nitrogens with one attached hydrogen (secondary N) is 1. The zero-order chi connectivity index (χ0) is 29.8. The van der Waals surface area contributed by atoms with Gasteiger partial charge in [0.25, 0.3) is 0 Å². The number of nitrogens with zero attached hydrogens (tertiary/aromatic N) is 4. The van der Waals surface area contributed by atoms with E-state index >= 15 is 4.39 Å². The number of ether oxygens (including phenoxy) is 2. The van der Waals surface area contributed by atoms with Crippen molar-refractivity contribution in [1.29, 1.82) is 0 Å². The van der Waals surface area contributed by atoms with Gasteiger partial charge in [0.05, 0.1) is 31.0 Å². The summed E-state index contributed by atoms with van der Waals surface area (Å²) >= 11 is 0. The van der Waals surface area contributed by atoms with Crippen LogP contribution < -0.4 is 19.9 Å². The van der Waals surface area contributed by atoms with E-state index in [1.54, 1.807) is 12.1 Å². The Morgan fingerprint density at radius 1 is 1.00 bits per heavy atom. The van der Waals surface area contributed by atoms with Crippen LogP contribution in [0.2, 0.25) is 0 Å². The third-order valence-electron chi connectivity index (χ3n) is 7.48. The van der Waals surface area contributed by atoms with Crippen molar-refractivity contribution in [1.82, 2.24) is 15.4 Å². The van der Waals surface area contributed by atoms with E-state index in [1.165, 1.54) is 17.9 Å². The molecule has 0 radical (unpaired) electrons. The predicted octanol–water partition coefficient (Wildman–Crippen LogP) is 5.06. The zero-order valence-electron chi connectivity index (χ0n) is 23.7. The molecule has 2 saturated heterocycles. The van der Waals surface area contributed by atoms with Crippen molar-refractivity contribution >= 4 is 23.4 Å². The SMILES string of the molecule is CC(=O)NC[C@H]1CN(c2ccc(N3CCN(Cc4cc(-c5ccc(Oc6ccccc6)cc5)no4)CC3)c(F)c2)C(=O)O1. The van der Waals surface area contributed by atoms with Gasteiger partial charge < -0.3 is 24.2 Å². The van der Waals surface area contributed by atoms with Crippen LogP contribution in [0.3, 0.4) is 0 Å². The molecule has 1 aromatic heterocycles. The summed E-state index contributed by atoms with van der Waals surface area (Å²) in [6.07, 6.45) is -1.03. The molecule has 0 unspecified atom stereocenters. The summed E-state index contributed by atoms with van der Waals surface area (Å²) in [7, 11) is 0. The van der Waals surface area contributed by atoms with Crippen molar-refractivity contribution in [2.75, 3.05) is 49.1 Å². The molecule has 2 fully saturated rings. The molecular formula is C32H32FN5O5. The lowest BCUT2D eigenvalue weighted by Crippen LogP contribution is -2.46. The molecule has 2 amide bonds. The summed E-state index contributed by atoms with van der Waals surface area (Å²) in [5.41, 5.74) is 2.61. The highest BCUT2D eigenvalue weighted by Gasteiger charge is 2.33. The lowest BCUT2D eigenvalue weighted by molar-refractivity contribution is -0.119. The number of benzene rings is 3. The number of aromatic nitrogens is 1. The molecule has 1 N–H and O–H groups in total. The number of hydrogen-bond donors (Lipinski definition) is 1.